The molecule has 0 aliphatic rings. The van der Waals surface area contributed by atoms with E-state index in [2.05, 4.69) is 13.0 Å². The lowest BCUT2D eigenvalue weighted by atomic mass is 10.2. The van der Waals surface area contributed by atoms with Crippen molar-refractivity contribution in [3.05, 3.63) is 84.5 Å². The van der Waals surface area contributed by atoms with Crippen LogP contribution in [0.4, 0.5) is 0 Å². The van der Waals surface area contributed by atoms with Crippen LogP contribution in [0.25, 0.3) is 0 Å². The molecule has 150 valence electrons. The highest BCUT2D eigenvalue weighted by Gasteiger charge is 2.22. The predicted molar refractivity (Wildman–Crippen MR) is 112 cm³/mol. The molecule has 0 radical (unpaired) electrons. The van der Waals surface area contributed by atoms with E-state index in [4.69, 9.17) is 9.47 Å². The van der Waals surface area contributed by atoms with E-state index in [9.17, 15) is 9.59 Å². The molecule has 1 atom stereocenters. The summed E-state index contributed by atoms with van der Waals surface area (Å²) < 4.78 is 10.7. The van der Waals surface area contributed by atoms with Crippen LogP contribution in [0.5, 0.6) is 0 Å². The summed E-state index contributed by atoms with van der Waals surface area (Å²) in [4.78, 5) is 24.0. The van der Waals surface area contributed by atoms with Gasteiger partial charge in [-0.3, -0.25) is 9.59 Å². The fourth-order valence-electron chi connectivity index (χ4n) is 2.04. The molecule has 0 heterocycles. The van der Waals surface area contributed by atoms with Gasteiger partial charge in [0, 0.05) is 12.0 Å². The number of ether oxygens (including phenoxy) is 2. The topological polar surface area (TPSA) is 52.6 Å². The lowest BCUT2D eigenvalue weighted by Crippen LogP contribution is -2.20. The van der Waals surface area contributed by atoms with Gasteiger partial charge >= 0.3 is 11.9 Å². The summed E-state index contributed by atoms with van der Waals surface area (Å²) in [5.74, 6) is -1.12. The van der Waals surface area contributed by atoms with Gasteiger partial charge in [0.2, 0.25) is 0 Å². The van der Waals surface area contributed by atoms with E-state index in [0.717, 1.165) is 6.42 Å². The van der Waals surface area contributed by atoms with Gasteiger partial charge < -0.3 is 9.47 Å². The molecule has 0 amide bonds. The van der Waals surface area contributed by atoms with Gasteiger partial charge in [0.25, 0.3) is 6.29 Å². The van der Waals surface area contributed by atoms with Crippen LogP contribution in [-0.2, 0) is 19.1 Å². The molecule has 28 heavy (non-hydrogen) atoms. The number of hydrogen-bond donors (Lipinski definition) is 0. The fourth-order valence-corrected chi connectivity index (χ4v) is 2.04. The third-order valence-electron chi connectivity index (χ3n) is 3.58. The van der Waals surface area contributed by atoms with Crippen molar-refractivity contribution >= 4 is 11.9 Å². The lowest BCUT2D eigenvalue weighted by Gasteiger charge is -2.19. The summed E-state index contributed by atoms with van der Waals surface area (Å²) in [5.41, 5.74) is 0.632. The maximum atomic E-state index is 12.1. The minimum atomic E-state index is -1.02. The van der Waals surface area contributed by atoms with Gasteiger partial charge in [0.1, 0.15) is 0 Å². The van der Waals surface area contributed by atoms with E-state index in [1.165, 1.54) is 0 Å². The minimum absolute atomic E-state index is 0.210. The number of esters is 2. The number of carbonyl (C=O) groups excluding carboxylic acids is 2. The molecule has 1 aromatic carbocycles. The van der Waals surface area contributed by atoms with Gasteiger partial charge in [-0.2, -0.15) is 0 Å². The normalized spacial score (nSPS) is 13.1. The first kappa shape index (κ1) is 23.2. The second-order valence-electron chi connectivity index (χ2n) is 6.40. The molecule has 1 unspecified atom stereocenters. The van der Waals surface area contributed by atoms with Gasteiger partial charge in [-0.1, -0.05) is 99.7 Å². The molecule has 0 N–H and O–H groups in total. The second-order valence-corrected chi connectivity index (χ2v) is 6.40. The van der Waals surface area contributed by atoms with Crippen molar-refractivity contribution in [1.82, 2.24) is 0 Å². The molecule has 0 aromatic heterocycles. The average Bonchev–Trinajstić information content (AvgIpc) is 2.69. The Kier molecular flexibility index (Phi) is 11.8. The number of hydrogen-bond acceptors (Lipinski definition) is 4. The molecular formula is C24H30O4. The van der Waals surface area contributed by atoms with Crippen molar-refractivity contribution in [3.8, 4) is 0 Å². The zero-order valence-corrected chi connectivity index (χ0v) is 16.9. The molecule has 0 aliphatic carbocycles. The van der Waals surface area contributed by atoms with Crippen LogP contribution in [0.2, 0.25) is 0 Å². The van der Waals surface area contributed by atoms with Crippen LogP contribution in [0.3, 0.4) is 0 Å². The summed E-state index contributed by atoms with van der Waals surface area (Å²) >= 11 is 0. The van der Waals surface area contributed by atoms with E-state index in [1.54, 1.807) is 38.1 Å². The first-order valence-corrected chi connectivity index (χ1v) is 9.64. The predicted octanol–water partition coefficient (Wildman–Crippen LogP) is 5.84. The van der Waals surface area contributed by atoms with E-state index >= 15 is 0 Å². The van der Waals surface area contributed by atoms with Gasteiger partial charge in [-0.15, -0.1) is 0 Å². The van der Waals surface area contributed by atoms with Crippen LogP contribution < -0.4 is 0 Å². The Morgan fingerprint density at radius 3 is 2.11 bits per heavy atom. The molecule has 0 bridgehead atoms. The van der Waals surface area contributed by atoms with Crippen molar-refractivity contribution in [2.24, 2.45) is 5.92 Å². The molecule has 0 fully saturated rings. The van der Waals surface area contributed by atoms with Crippen LogP contribution in [0.1, 0.15) is 51.9 Å². The number of carbonyl (C=O) groups is 2. The molecule has 1 aromatic rings. The van der Waals surface area contributed by atoms with Gasteiger partial charge in [-0.05, 0) is 12.8 Å². The van der Waals surface area contributed by atoms with E-state index in [1.807, 2.05) is 48.6 Å². The first-order valence-electron chi connectivity index (χ1n) is 9.64. The maximum absolute atomic E-state index is 12.1. The Morgan fingerprint density at radius 2 is 1.50 bits per heavy atom. The molecule has 0 saturated heterocycles. The zero-order valence-electron chi connectivity index (χ0n) is 16.9. The van der Waals surface area contributed by atoms with Crippen molar-refractivity contribution in [2.75, 3.05) is 0 Å². The molecular weight excluding hydrogens is 352 g/mol. The number of benzene rings is 1. The third kappa shape index (κ3) is 10.3. The molecule has 0 aliphatic heterocycles. The highest BCUT2D eigenvalue weighted by atomic mass is 16.7. The third-order valence-corrected chi connectivity index (χ3v) is 3.58. The fraction of sp³-hybridized carbons (Fsp3) is 0.333. The molecule has 4 nitrogen and oxygen atoms in total. The lowest BCUT2D eigenvalue weighted by molar-refractivity contribution is -0.192. The Hall–Kier alpha value is -2.88. The Bertz CT molecular complexity index is 697. The Morgan fingerprint density at radius 1 is 0.893 bits per heavy atom. The standard InChI is InChI=1S/C24H30O4/c1-4-5-6-7-8-9-10-11-12-16-19-22(25)27-24(28-23(26)20(2)3)21-17-14-13-15-18-21/h5-15,17-18,20,24H,4,16,19H2,1-3H3/b6-5-,8-7-,10-9-,12-11-. The quantitative estimate of drug-likeness (QED) is 0.274. The molecule has 1 rings (SSSR count). The number of rotatable bonds is 11. The zero-order chi connectivity index (χ0) is 20.6. The highest BCUT2D eigenvalue weighted by molar-refractivity contribution is 5.73. The molecule has 0 saturated carbocycles. The van der Waals surface area contributed by atoms with Crippen molar-refractivity contribution in [3.63, 3.8) is 0 Å². The second kappa shape index (κ2) is 14.2. The van der Waals surface area contributed by atoms with Crippen molar-refractivity contribution < 1.29 is 19.1 Å². The van der Waals surface area contributed by atoms with Gasteiger partial charge in [0.15, 0.2) is 0 Å². The van der Waals surface area contributed by atoms with Crippen LogP contribution in [-0.4, -0.2) is 11.9 Å². The highest BCUT2D eigenvalue weighted by Crippen LogP contribution is 2.21. The van der Waals surface area contributed by atoms with E-state index in [0.29, 0.717) is 12.0 Å². The molecule has 4 heteroatoms. The van der Waals surface area contributed by atoms with E-state index in [-0.39, 0.29) is 12.3 Å². The summed E-state index contributed by atoms with van der Waals surface area (Å²) in [6.07, 6.45) is 16.3. The first-order chi connectivity index (χ1) is 13.5. The average molecular weight is 383 g/mol. The Balaban J connectivity index is 2.49. The van der Waals surface area contributed by atoms with Crippen LogP contribution in [0.15, 0.2) is 78.9 Å². The van der Waals surface area contributed by atoms with Gasteiger partial charge in [0.05, 0.1) is 5.92 Å². The summed E-state index contributed by atoms with van der Waals surface area (Å²) in [7, 11) is 0. The van der Waals surface area contributed by atoms with Crippen LogP contribution in [0, 0.1) is 5.92 Å². The molecule has 0 spiro atoms. The minimum Gasteiger partial charge on any atom is -0.421 e. The van der Waals surface area contributed by atoms with Gasteiger partial charge in [-0.25, -0.2) is 0 Å². The summed E-state index contributed by atoms with van der Waals surface area (Å²) in [5, 5.41) is 0. The monoisotopic (exact) mass is 382 g/mol. The van der Waals surface area contributed by atoms with Crippen molar-refractivity contribution in [2.45, 2.75) is 46.3 Å². The SMILES string of the molecule is CC\C=C/C=C\C=C/C=C\CCC(=O)OC(OC(=O)C(C)C)c1ccccc1. The maximum Gasteiger partial charge on any atom is 0.311 e. The van der Waals surface area contributed by atoms with Crippen molar-refractivity contribution in [1.29, 1.82) is 0 Å². The summed E-state index contributed by atoms with van der Waals surface area (Å²) in [6.45, 7) is 5.56. The Labute approximate surface area is 168 Å². The van der Waals surface area contributed by atoms with E-state index < -0.39 is 18.2 Å². The largest absolute Gasteiger partial charge is 0.421 e. The smallest absolute Gasteiger partial charge is 0.311 e. The van der Waals surface area contributed by atoms with Crippen LogP contribution >= 0.6 is 0 Å². The summed E-state index contributed by atoms with van der Waals surface area (Å²) in [6, 6.07) is 8.99. The number of allylic oxidation sites excluding steroid dienone is 8.